The predicted octanol–water partition coefficient (Wildman–Crippen LogP) is 3.45. The molecular formula is C16H14N2O2S. The second-order valence-electron chi connectivity index (χ2n) is 4.86. The first kappa shape index (κ1) is 13.7. The number of rotatable bonds is 2. The van der Waals surface area contributed by atoms with Crippen molar-refractivity contribution in [1.29, 1.82) is 0 Å². The maximum atomic E-state index is 11.9. The zero-order chi connectivity index (χ0) is 15.0. The van der Waals surface area contributed by atoms with E-state index < -0.39 is 0 Å². The van der Waals surface area contributed by atoms with E-state index in [2.05, 4.69) is 4.57 Å². The minimum atomic E-state index is -0.241. The molecule has 2 heterocycles. The molecule has 0 N–H and O–H groups in total. The van der Waals surface area contributed by atoms with Crippen molar-refractivity contribution >= 4 is 29.0 Å². The summed E-state index contributed by atoms with van der Waals surface area (Å²) in [6, 6.07) is 12.0. The van der Waals surface area contributed by atoms with Crippen molar-refractivity contribution < 1.29 is 9.59 Å². The molecule has 1 saturated heterocycles. The Morgan fingerprint density at radius 2 is 1.86 bits per heavy atom. The highest BCUT2D eigenvalue weighted by Crippen LogP contribution is 2.31. The van der Waals surface area contributed by atoms with Gasteiger partial charge in [-0.1, -0.05) is 18.2 Å². The first-order chi connectivity index (χ1) is 10.1. The van der Waals surface area contributed by atoms with E-state index in [1.165, 1.54) is 7.05 Å². The van der Waals surface area contributed by atoms with E-state index in [4.69, 9.17) is 0 Å². The topological polar surface area (TPSA) is 42.3 Å². The number of hydrogen-bond donors (Lipinski definition) is 0. The number of nitrogens with zero attached hydrogens (tertiary/aromatic N) is 2. The molecule has 0 unspecified atom stereocenters. The summed E-state index contributed by atoms with van der Waals surface area (Å²) in [6.07, 6.45) is 3.73. The minimum absolute atomic E-state index is 0.231. The summed E-state index contributed by atoms with van der Waals surface area (Å²) in [7, 11) is 1.50. The van der Waals surface area contributed by atoms with Crippen molar-refractivity contribution in [2.24, 2.45) is 0 Å². The van der Waals surface area contributed by atoms with Gasteiger partial charge >= 0.3 is 0 Å². The molecule has 5 heteroatoms. The smallest absolute Gasteiger partial charge is 0.293 e. The molecule has 21 heavy (non-hydrogen) atoms. The number of benzene rings is 1. The molecule has 4 nitrogen and oxygen atoms in total. The molecule has 1 aliphatic heterocycles. The Morgan fingerprint density at radius 3 is 2.48 bits per heavy atom. The third-order valence-electron chi connectivity index (χ3n) is 3.35. The maximum Gasteiger partial charge on any atom is 0.293 e. The van der Waals surface area contributed by atoms with E-state index >= 15 is 0 Å². The van der Waals surface area contributed by atoms with Crippen LogP contribution in [0.3, 0.4) is 0 Å². The van der Waals surface area contributed by atoms with Crippen LogP contribution in [-0.2, 0) is 4.79 Å². The maximum absolute atomic E-state index is 11.9. The molecule has 1 fully saturated rings. The Morgan fingerprint density at radius 1 is 1.14 bits per heavy atom. The first-order valence-electron chi connectivity index (χ1n) is 6.52. The molecule has 2 aromatic rings. The molecule has 1 aromatic heterocycles. The minimum Gasteiger partial charge on any atom is -0.321 e. The number of amides is 2. The van der Waals surface area contributed by atoms with Gasteiger partial charge in [-0.15, -0.1) is 0 Å². The highest BCUT2D eigenvalue weighted by atomic mass is 32.2. The van der Waals surface area contributed by atoms with Gasteiger partial charge in [0, 0.05) is 24.6 Å². The summed E-state index contributed by atoms with van der Waals surface area (Å²) in [5, 5.41) is -0.231. The molecule has 1 aliphatic rings. The molecule has 1 aromatic carbocycles. The van der Waals surface area contributed by atoms with Crippen molar-refractivity contribution in [3.63, 3.8) is 0 Å². The molecule has 0 aliphatic carbocycles. The predicted molar refractivity (Wildman–Crippen MR) is 84.2 cm³/mol. The van der Waals surface area contributed by atoms with Gasteiger partial charge in [-0.3, -0.25) is 14.5 Å². The van der Waals surface area contributed by atoms with Gasteiger partial charge in [0.2, 0.25) is 0 Å². The molecule has 0 radical (unpaired) electrons. The number of likely N-dealkylation sites (N-methyl/N-ethyl adjacent to an activating group) is 1. The zero-order valence-corrected chi connectivity index (χ0v) is 12.6. The van der Waals surface area contributed by atoms with Crippen molar-refractivity contribution in [3.05, 3.63) is 58.8 Å². The summed E-state index contributed by atoms with van der Waals surface area (Å²) < 4.78 is 2.06. The van der Waals surface area contributed by atoms with E-state index in [0.717, 1.165) is 33.6 Å². The fraction of sp³-hybridized carbons (Fsp3) is 0.125. The van der Waals surface area contributed by atoms with E-state index in [-0.39, 0.29) is 11.1 Å². The van der Waals surface area contributed by atoms with E-state index in [9.17, 15) is 9.59 Å². The van der Waals surface area contributed by atoms with Crippen molar-refractivity contribution in [2.45, 2.75) is 6.92 Å². The Kier molecular flexibility index (Phi) is 3.43. The number of carbonyl (C=O) groups excluding carboxylic acids is 2. The van der Waals surface area contributed by atoms with Crippen LogP contribution in [0.2, 0.25) is 0 Å². The molecule has 0 spiro atoms. The second kappa shape index (κ2) is 5.26. The quantitative estimate of drug-likeness (QED) is 0.797. The third-order valence-corrected chi connectivity index (χ3v) is 4.31. The SMILES string of the molecule is Cc1cc(/C=C2\SC(=O)N(C)C2=O)cn1-c1ccccc1. The summed E-state index contributed by atoms with van der Waals surface area (Å²) >= 11 is 0.977. The van der Waals surface area contributed by atoms with Gasteiger partial charge in [0.1, 0.15) is 0 Å². The van der Waals surface area contributed by atoms with Gasteiger partial charge < -0.3 is 4.57 Å². The molecule has 0 atom stereocenters. The number of hydrogen-bond acceptors (Lipinski definition) is 3. The number of aryl methyl sites for hydroxylation is 1. The van der Waals surface area contributed by atoms with Crippen LogP contribution in [-0.4, -0.2) is 27.7 Å². The summed E-state index contributed by atoms with van der Waals surface area (Å²) in [5.41, 5.74) is 3.05. The van der Waals surface area contributed by atoms with Gasteiger partial charge in [0.15, 0.2) is 0 Å². The Labute approximate surface area is 127 Å². The monoisotopic (exact) mass is 298 g/mol. The lowest BCUT2D eigenvalue weighted by atomic mass is 10.3. The molecule has 106 valence electrons. The standard InChI is InChI=1S/C16H14N2O2S/c1-11-8-12(9-14-15(19)17(2)16(20)21-14)10-18(11)13-6-4-3-5-7-13/h3-10H,1-2H3/b14-9-. The number of carbonyl (C=O) groups is 2. The van der Waals surface area contributed by atoms with Crippen LogP contribution in [0.25, 0.3) is 11.8 Å². The van der Waals surface area contributed by atoms with Crippen LogP contribution >= 0.6 is 11.8 Å². The average molecular weight is 298 g/mol. The summed E-state index contributed by atoms with van der Waals surface area (Å²) in [4.78, 5) is 25.0. The van der Waals surface area contributed by atoms with Crippen LogP contribution in [0.5, 0.6) is 0 Å². The first-order valence-corrected chi connectivity index (χ1v) is 7.34. The average Bonchev–Trinajstić information content (AvgIpc) is 2.96. The lowest BCUT2D eigenvalue weighted by Crippen LogP contribution is -2.22. The van der Waals surface area contributed by atoms with Crippen molar-refractivity contribution in [2.75, 3.05) is 7.05 Å². The van der Waals surface area contributed by atoms with E-state index in [0.29, 0.717) is 4.91 Å². The largest absolute Gasteiger partial charge is 0.321 e. The zero-order valence-electron chi connectivity index (χ0n) is 11.7. The van der Waals surface area contributed by atoms with Crippen molar-refractivity contribution in [3.8, 4) is 5.69 Å². The van der Waals surface area contributed by atoms with Gasteiger partial charge in [-0.25, -0.2) is 0 Å². The van der Waals surface area contributed by atoms with Crippen LogP contribution in [0.15, 0.2) is 47.5 Å². The van der Waals surface area contributed by atoms with Crippen LogP contribution in [0.4, 0.5) is 4.79 Å². The molecule has 2 amide bonds. The Bertz CT molecular complexity index is 747. The normalized spacial score (nSPS) is 17.0. The fourth-order valence-electron chi connectivity index (χ4n) is 2.24. The highest BCUT2D eigenvalue weighted by Gasteiger charge is 2.31. The van der Waals surface area contributed by atoms with Gasteiger partial charge in [0.25, 0.3) is 11.1 Å². The van der Waals surface area contributed by atoms with Crippen molar-refractivity contribution in [1.82, 2.24) is 9.47 Å². The van der Waals surface area contributed by atoms with Gasteiger partial charge in [-0.05, 0) is 48.5 Å². The van der Waals surface area contributed by atoms with Crippen LogP contribution in [0, 0.1) is 6.92 Å². The highest BCUT2D eigenvalue weighted by molar-refractivity contribution is 8.18. The Hall–Kier alpha value is -2.27. The summed E-state index contributed by atoms with van der Waals surface area (Å²) in [6.45, 7) is 2.01. The lowest BCUT2D eigenvalue weighted by Gasteiger charge is -2.04. The fourth-order valence-corrected chi connectivity index (χ4v) is 3.07. The Balaban J connectivity index is 1.96. The number of aromatic nitrogens is 1. The number of para-hydroxylation sites is 1. The molecule has 0 saturated carbocycles. The number of thioether (sulfide) groups is 1. The number of imide groups is 1. The molecular weight excluding hydrogens is 284 g/mol. The summed E-state index contributed by atoms with van der Waals surface area (Å²) in [5.74, 6) is -0.241. The second-order valence-corrected chi connectivity index (χ2v) is 5.85. The van der Waals surface area contributed by atoms with Gasteiger partial charge in [0.05, 0.1) is 4.91 Å². The van der Waals surface area contributed by atoms with Crippen LogP contribution in [0.1, 0.15) is 11.3 Å². The lowest BCUT2D eigenvalue weighted by molar-refractivity contribution is -0.121. The van der Waals surface area contributed by atoms with E-state index in [1.54, 1.807) is 6.08 Å². The third kappa shape index (κ3) is 2.52. The molecule has 3 rings (SSSR count). The van der Waals surface area contributed by atoms with Gasteiger partial charge in [-0.2, -0.15) is 0 Å². The van der Waals surface area contributed by atoms with E-state index in [1.807, 2.05) is 49.5 Å². The molecule has 0 bridgehead atoms. The van der Waals surface area contributed by atoms with Crippen LogP contribution < -0.4 is 0 Å².